The quantitative estimate of drug-likeness (QED) is 0.901. The van der Waals surface area contributed by atoms with Crippen LogP contribution >= 0.6 is 0 Å². The number of piperidine rings is 1. The van der Waals surface area contributed by atoms with Crippen molar-refractivity contribution in [2.24, 2.45) is 5.92 Å². The van der Waals surface area contributed by atoms with Crippen molar-refractivity contribution in [3.63, 3.8) is 0 Å². The maximum atomic E-state index is 12.1. The van der Waals surface area contributed by atoms with Crippen LogP contribution in [0.3, 0.4) is 0 Å². The minimum absolute atomic E-state index is 0.00998. The summed E-state index contributed by atoms with van der Waals surface area (Å²) >= 11 is 0. The molecule has 0 spiro atoms. The second kappa shape index (κ2) is 7.89. The van der Waals surface area contributed by atoms with Crippen LogP contribution in [0.1, 0.15) is 57.4 Å². The molecule has 1 aromatic rings. The van der Waals surface area contributed by atoms with E-state index in [0.717, 1.165) is 24.3 Å². The molecule has 1 aliphatic rings. The van der Waals surface area contributed by atoms with Crippen LogP contribution in [0.2, 0.25) is 0 Å². The third-order valence-corrected chi connectivity index (χ3v) is 4.25. The molecule has 0 aromatic carbocycles. The van der Waals surface area contributed by atoms with Gasteiger partial charge in [0.15, 0.2) is 0 Å². The number of carbonyl (C=O) groups is 2. The van der Waals surface area contributed by atoms with Crippen molar-refractivity contribution >= 4 is 12.0 Å². The van der Waals surface area contributed by atoms with E-state index in [2.05, 4.69) is 10.3 Å². The van der Waals surface area contributed by atoms with Crippen molar-refractivity contribution in [2.75, 3.05) is 13.1 Å². The molecule has 0 saturated carbocycles. The lowest BCUT2D eigenvalue weighted by atomic mass is 9.93. The Morgan fingerprint density at radius 2 is 1.92 bits per heavy atom. The fourth-order valence-electron chi connectivity index (χ4n) is 2.77. The molecule has 2 rings (SSSR count). The molecular weight excluding hydrogens is 322 g/mol. The molecular formula is C18H29N3O4. The molecule has 2 amide bonds. The Kier molecular flexibility index (Phi) is 6.08. The largest absolute Gasteiger partial charge is 0.444 e. The predicted molar refractivity (Wildman–Crippen MR) is 93.0 cm³/mol. The van der Waals surface area contributed by atoms with Crippen LogP contribution in [0, 0.1) is 19.8 Å². The number of amides is 2. The summed E-state index contributed by atoms with van der Waals surface area (Å²) in [5.41, 5.74) is 0.364. The van der Waals surface area contributed by atoms with Gasteiger partial charge in [-0.05, 0) is 53.4 Å². The van der Waals surface area contributed by atoms with Crippen LogP contribution in [0.25, 0.3) is 0 Å². The van der Waals surface area contributed by atoms with Crippen molar-refractivity contribution in [2.45, 2.75) is 66.0 Å². The Balaban J connectivity index is 1.70. The van der Waals surface area contributed by atoms with Gasteiger partial charge >= 0.3 is 6.09 Å². The SMILES string of the molecule is Cc1nc(CNC(=O)CC2CCN(C(=O)OC(C)(C)C)CC2)oc1C. The third-order valence-electron chi connectivity index (χ3n) is 4.25. The standard InChI is InChI=1S/C18H29N3O4/c1-12-13(2)24-16(20-12)11-19-15(22)10-14-6-8-21(9-7-14)17(23)25-18(3,4)5/h14H,6-11H2,1-5H3,(H,19,22). The number of nitrogens with one attached hydrogen (secondary N) is 1. The monoisotopic (exact) mass is 351 g/mol. The van der Waals surface area contributed by atoms with E-state index >= 15 is 0 Å². The number of nitrogens with zero attached hydrogens (tertiary/aromatic N) is 2. The second-order valence-electron chi connectivity index (χ2n) is 7.64. The van der Waals surface area contributed by atoms with Gasteiger partial charge in [0.05, 0.1) is 12.2 Å². The van der Waals surface area contributed by atoms with Gasteiger partial charge in [-0.2, -0.15) is 0 Å². The first-order valence-electron chi connectivity index (χ1n) is 8.81. The summed E-state index contributed by atoms with van der Waals surface area (Å²) in [5.74, 6) is 1.58. The maximum Gasteiger partial charge on any atom is 0.410 e. The van der Waals surface area contributed by atoms with E-state index in [1.54, 1.807) is 4.90 Å². The number of oxazole rings is 1. The van der Waals surface area contributed by atoms with E-state index in [0.29, 0.717) is 31.9 Å². The number of ether oxygens (including phenoxy) is 1. The molecule has 25 heavy (non-hydrogen) atoms. The van der Waals surface area contributed by atoms with Gasteiger partial charge in [-0.25, -0.2) is 9.78 Å². The molecule has 1 fully saturated rings. The number of aryl methyl sites for hydroxylation is 2. The molecule has 0 bridgehead atoms. The van der Waals surface area contributed by atoms with Gasteiger partial charge in [-0.1, -0.05) is 0 Å². The highest BCUT2D eigenvalue weighted by molar-refractivity contribution is 5.76. The summed E-state index contributed by atoms with van der Waals surface area (Å²) in [7, 11) is 0. The van der Waals surface area contributed by atoms with Crippen LogP contribution in [0.5, 0.6) is 0 Å². The van der Waals surface area contributed by atoms with Crippen molar-refractivity contribution < 1.29 is 18.7 Å². The third kappa shape index (κ3) is 6.07. The zero-order valence-electron chi connectivity index (χ0n) is 15.8. The summed E-state index contributed by atoms with van der Waals surface area (Å²) in [6.07, 6.45) is 1.80. The maximum absolute atomic E-state index is 12.1. The van der Waals surface area contributed by atoms with E-state index < -0.39 is 5.60 Å². The Hall–Kier alpha value is -2.05. The molecule has 1 aromatic heterocycles. The molecule has 0 radical (unpaired) electrons. The summed E-state index contributed by atoms with van der Waals surface area (Å²) in [6.45, 7) is 10.9. The highest BCUT2D eigenvalue weighted by Crippen LogP contribution is 2.22. The highest BCUT2D eigenvalue weighted by Gasteiger charge is 2.27. The zero-order chi connectivity index (χ0) is 18.6. The van der Waals surface area contributed by atoms with E-state index in [1.807, 2.05) is 34.6 Å². The Labute approximate surface area is 149 Å². The van der Waals surface area contributed by atoms with Gasteiger partial charge in [0, 0.05) is 19.5 Å². The van der Waals surface area contributed by atoms with Crippen LogP contribution in [0.15, 0.2) is 4.42 Å². The lowest BCUT2D eigenvalue weighted by molar-refractivity contribution is -0.122. The van der Waals surface area contributed by atoms with Crippen molar-refractivity contribution in [3.8, 4) is 0 Å². The normalized spacial score (nSPS) is 16.0. The highest BCUT2D eigenvalue weighted by atomic mass is 16.6. The second-order valence-corrected chi connectivity index (χ2v) is 7.64. The number of aromatic nitrogens is 1. The van der Waals surface area contributed by atoms with Gasteiger partial charge in [0.25, 0.3) is 0 Å². The van der Waals surface area contributed by atoms with Crippen LogP contribution in [-0.2, 0) is 16.1 Å². The summed E-state index contributed by atoms with van der Waals surface area (Å²) in [6, 6.07) is 0. The molecule has 7 heteroatoms. The van der Waals surface area contributed by atoms with Gasteiger partial charge in [0.1, 0.15) is 11.4 Å². The number of carbonyl (C=O) groups excluding carboxylic acids is 2. The van der Waals surface area contributed by atoms with Crippen molar-refractivity contribution in [3.05, 3.63) is 17.3 Å². The lowest BCUT2D eigenvalue weighted by Gasteiger charge is -2.33. The predicted octanol–water partition coefficient (Wildman–Crippen LogP) is 2.94. The minimum Gasteiger partial charge on any atom is -0.444 e. The number of hydrogen-bond acceptors (Lipinski definition) is 5. The van der Waals surface area contributed by atoms with Gasteiger partial charge in [-0.15, -0.1) is 0 Å². The summed E-state index contributed by atoms with van der Waals surface area (Å²) < 4.78 is 10.8. The first-order valence-corrected chi connectivity index (χ1v) is 8.81. The van der Waals surface area contributed by atoms with Crippen LogP contribution < -0.4 is 5.32 Å². The first-order chi connectivity index (χ1) is 11.6. The Morgan fingerprint density at radius 1 is 1.28 bits per heavy atom. The number of hydrogen-bond donors (Lipinski definition) is 1. The smallest absolute Gasteiger partial charge is 0.410 e. The molecule has 0 aliphatic carbocycles. The van der Waals surface area contributed by atoms with Crippen molar-refractivity contribution in [1.82, 2.24) is 15.2 Å². The zero-order valence-corrected chi connectivity index (χ0v) is 15.8. The molecule has 2 heterocycles. The van der Waals surface area contributed by atoms with Crippen LogP contribution in [-0.4, -0.2) is 40.6 Å². The number of rotatable bonds is 4. The van der Waals surface area contributed by atoms with Crippen LogP contribution in [0.4, 0.5) is 4.79 Å². The van der Waals surface area contributed by atoms with Gasteiger partial charge in [0.2, 0.25) is 11.8 Å². The van der Waals surface area contributed by atoms with Gasteiger partial charge in [-0.3, -0.25) is 4.79 Å². The molecule has 1 N–H and O–H groups in total. The van der Waals surface area contributed by atoms with Crippen molar-refractivity contribution in [1.29, 1.82) is 0 Å². The topological polar surface area (TPSA) is 84.7 Å². The average Bonchev–Trinajstić information content (AvgIpc) is 2.83. The fraction of sp³-hybridized carbons (Fsp3) is 0.722. The Morgan fingerprint density at radius 3 is 2.44 bits per heavy atom. The van der Waals surface area contributed by atoms with E-state index in [4.69, 9.17) is 9.15 Å². The molecule has 7 nitrogen and oxygen atoms in total. The van der Waals surface area contributed by atoms with Gasteiger partial charge < -0.3 is 19.4 Å². The number of likely N-dealkylation sites (tertiary alicyclic amines) is 1. The molecule has 140 valence electrons. The lowest BCUT2D eigenvalue weighted by Crippen LogP contribution is -2.42. The summed E-state index contributed by atoms with van der Waals surface area (Å²) in [5, 5.41) is 2.85. The first kappa shape index (κ1) is 19.3. The van der Waals surface area contributed by atoms with E-state index in [1.165, 1.54) is 0 Å². The molecule has 0 unspecified atom stereocenters. The fourth-order valence-corrected chi connectivity index (χ4v) is 2.77. The van der Waals surface area contributed by atoms with E-state index in [9.17, 15) is 9.59 Å². The minimum atomic E-state index is -0.482. The van der Waals surface area contributed by atoms with E-state index in [-0.39, 0.29) is 17.9 Å². The summed E-state index contributed by atoms with van der Waals surface area (Å²) in [4.78, 5) is 30.1. The molecule has 0 atom stereocenters. The molecule has 1 aliphatic heterocycles. The Bertz CT molecular complexity index is 591. The molecule has 1 saturated heterocycles. The average molecular weight is 351 g/mol.